The zero-order valence-electron chi connectivity index (χ0n) is 13.2. The molecule has 5 nitrogen and oxygen atoms in total. The molecule has 1 fully saturated rings. The van der Waals surface area contributed by atoms with E-state index in [1.165, 1.54) is 19.9 Å². The lowest BCUT2D eigenvalue weighted by molar-refractivity contribution is -0.184. The average Bonchev–Trinajstić information content (AvgIpc) is 2.74. The molecule has 1 N–H and O–H groups in total. The number of hydrogen-bond donors (Lipinski definition) is 1. The summed E-state index contributed by atoms with van der Waals surface area (Å²) in [5.74, 6) is -0.306. The molecule has 0 aromatic carbocycles. The van der Waals surface area contributed by atoms with Crippen molar-refractivity contribution in [2.24, 2.45) is 0 Å². The van der Waals surface area contributed by atoms with E-state index in [4.69, 9.17) is 4.42 Å². The Morgan fingerprint density at radius 3 is 2.43 bits per heavy atom. The highest BCUT2D eigenvalue weighted by Crippen LogP contribution is 2.33. The molecule has 2 amide bonds. The van der Waals surface area contributed by atoms with Gasteiger partial charge in [0, 0.05) is 19.5 Å². The molecule has 23 heavy (non-hydrogen) atoms. The Hall–Kier alpha value is -1.99. The maximum Gasteiger partial charge on any atom is 0.408 e. The first kappa shape index (κ1) is 17.4. The van der Waals surface area contributed by atoms with Crippen LogP contribution in [0.5, 0.6) is 0 Å². The van der Waals surface area contributed by atoms with Gasteiger partial charge in [-0.15, -0.1) is 0 Å². The largest absolute Gasteiger partial charge is 0.466 e. The SMILES string of the molecule is CC(=O)N[C@H]1CC[C@H](C(F)(F)F)N(C(=O)c2cc(C)oc2C)C1. The fourth-order valence-corrected chi connectivity index (χ4v) is 2.94. The fraction of sp³-hybridized carbons (Fsp3) is 0.600. The summed E-state index contributed by atoms with van der Waals surface area (Å²) in [5.41, 5.74) is 0.125. The van der Waals surface area contributed by atoms with Crippen molar-refractivity contribution in [3.05, 3.63) is 23.2 Å². The van der Waals surface area contributed by atoms with Crippen molar-refractivity contribution < 1.29 is 27.2 Å². The normalized spacial score (nSPS) is 22.1. The standard InChI is InChI=1S/C15H19F3N2O3/c1-8-6-12(9(2)23-8)14(22)20-7-11(19-10(3)21)4-5-13(20)15(16,17)18/h6,11,13H,4-5,7H2,1-3H3,(H,19,21)/t11-,13+/m0/s1. The number of furan rings is 1. The first-order valence-electron chi connectivity index (χ1n) is 7.31. The van der Waals surface area contributed by atoms with Gasteiger partial charge in [-0.25, -0.2) is 0 Å². The molecule has 2 rings (SSSR count). The number of amides is 2. The summed E-state index contributed by atoms with van der Waals surface area (Å²) < 4.78 is 45.0. The Balaban J connectivity index is 2.29. The quantitative estimate of drug-likeness (QED) is 0.905. The van der Waals surface area contributed by atoms with Crippen LogP contribution in [0.3, 0.4) is 0 Å². The third-order valence-electron chi connectivity index (χ3n) is 3.90. The number of carbonyl (C=O) groups excluding carboxylic acids is 2. The zero-order chi connectivity index (χ0) is 17.4. The predicted molar refractivity (Wildman–Crippen MR) is 75.9 cm³/mol. The third-order valence-corrected chi connectivity index (χ3v) is 3.90. The Morgan fingerprint density at radius 1 is 1.30 bits per heavy atom. The lowest BCUT2D eigenvalue weighted by Crippen LogP contribution is -2.58. The molecule has 1 aliphatic heterocycles. The van der Waals surface area contributed by atoms with Gasteiger partial charge in [0.05, 0.1) is 5.56 Å². The monoisotopic (exact) mass is 332 g/mol. The van der Waals surface area contributed by atoms with E-state index in [0.717, 1.165) is 4.90 Å². The van der Waals surface area contributed by atoms with E-state index in [1.54, 1.807) is 6.92 Å². The number of rotatable bonds is 2. The van der Waals surface area contributed by atoms with E-state index in [1.807, 2.05) is 0 Å². The Kier molecular flexibility index (Phi) is 4.72. The van der Waals surface area contributed by atoms with Gasteiger partial charge in [0.2, 0.25) is 5.91 Å². The number of nitrogens with one attached hydrogen (secondary N) is 1. The molecule has 0 aliphatic carbocycles. The molecule has 2 heterocycles. The van der Waals surface area contributed by atoms with Gasteiger partial charge in [-0.05, 0) is 32.8 Å². The summed E-state index contributed by atoms with van der Waals surface area (Å²) in [4.78, 5) is 24.5. The van der Waals surface area contributed by atoms with E-state index in [2.05, 4.69) is 5.32 Å². The second kappa shape index (κ2) is 6.25. The molecular formula is C15H19F3N2O3. The minimum absolute atomic E-state index is 0.125. The van der Waals surface area contributed by atoms with E-state index in [9.17, 15) is 22.8 Å². The van der Waals surface area contributed by atoms with Crippen LogP contribution < -0.4 is 5.32 Å². The lowest BCUT2D eigenvalue weighted by Gasteiger charge is -2.40. The number of alkyl halides is 3. The Labute approximate surface area is 131 Å². The molecule has 1 aliphatic rings. The second-order valence-electron chi connectivity index (χ2n) is 5.82. The van der Waals surface area contributed by atoms with Crippen molar-refractivity contribution in [2.75, 3.05) is 6.54 Å². The number of halogens is 3. The minimum atomic E-state index is -4.51. The average molecular weight is 332 g/mol. The van der Waals surface area contributed by atoms with E-state index in [-0.39, 0.29) is 36.6 Å². The Morgan fingerprint density at radius 2 is 1.96 bits per heavy atom. The molecule has 0 saturated carbocycles. The summed E-state index contributed by atoms with van der Waals surface area (Å²) in [6, 6.07) is -0.898. The van der Waals surface area contributed by atoms with Crippen molar-refractivity contribution in [3.63, 3.8) is 0 Å². The lowest BCUT2D eigenvalue weighted by atomic mass is 9.96. The maximum absolute atomic E-state index is 13.3. The van der Waals surface area contributed by atoms with Crippen LogP contribution in [0.1, 0.15) is 41.6 Å². The van der Waals surface area contributed by atoms with Crippen LogP contribution >= 0.6 is 0 Å². The highest BCUT2D eigenvalue weighted by molar-refractivity contribution is 5.95. The number of likely N-dealkylation sites (tertiary alicyclic amines) is 1. The number of piperidine rings is 1. The maximum atomic E-state index is 13.3. The predicted octanol–water partition coefficient (Wildman–Crippen LogP) is 2.57. The number of hydrogen-bond acceptors (Lipinski definition) is 3. The molecule has 1 aromatic heterocycles. The van der Waals surface area contributed by atoms with Crippen LogP contribution in [-0.2, 0) is 4.79 Å². The van der Waals surface area contributed by atoms with Crippen LogP contribution in [0, 0.1) is 13.8 Å². The summed E-state index contributed by atoms with van der Waals surface area (Å²) in [7, 11) is 0. The van der Waals surface area contributed by atoms with E-state index >= 15 is 0 Å². The van der Waals surface area contributed by atoms with Crippen molar-refractivity contribution in [1.29, 1.82) is 0 Å². The molecule has 8 heteroatoms. The minimum Gasteiger partial charge on any atom is -0.466 e. The molecule has 1 aromatic rings. The van der Waals surface area contributed by atoms with Gasteiger partial charge in [0.1, 0.15) is 17.6 Å². The van der Waals surface area contributed by atoms with Crippen LogP contribution in [0.4, 0.5) is 13.2 Å². The van der Waals surface area contributed by atoms with Crippen LogP contribution in [-0.4, -0.2) is 41.5 Å². The smallest absolute Gasteiger partial charge is 0.408 e. The summed E-state index contributed by atoms with van der Waals surface area (Å²) in [5, 5.41) is 2.59. The van der Waals surface area contributed by atoms with Gasteiger partial charge < -0.3 is 14.6 Å². The van der Waals surface area contributed by atoms with Crippen molar-refractivity contribution >= 4 is 11.8 Å². The van der Waals surface area contributed by atoms with Gasteiger partial charge in [0.25, 0.3) is 5.91 Å². The van der Waals surface area contributed by atoms with Crippen LogP contribution in [0.25, 0.3) is 0 Å². The van der Waals surface area contributed by atoms with E-state index in [0.29, 0.717) is 5.76 Å². The first-order valence-corrected chi connectivity index (χ1v) is 7.31. The van der Waals surface area contributed by atoms with Gasteiger partial charge in [-0.2, -0.15) is 13.2 Å². The highest BCUT2D eigenvalue weighted by atomic mass is 19.4. The van der Waals surface area contributed by atoms with Crippen LogP contribution in [0.15, 0.2) is 10.5 Å². The molecule has 0 radical (unpaired) electrons. The molecule has 0 unspecified atom stereocenters. The highest BCUT2D eigenvalue weighted by Gasteiger charge is 2.48. The van der Waals surface area contributed by atoms with Gasteiger partial charge in [-0.3, -0.25) is 9.59 Å². The van der Waals surface area contributed by atoms with E-state index < -0.39 is 24.2 Å². The van der Waals surface area contributed by atoms with Crippen molar-refractivity contribution in [2.45, 2.75) is 51.9 Å². The van der Waals surface area contributed by atoms with Crippen molar-refractivity contribution in [1.82, 2.24) is 10.2 Å². The van der Waals surface area contributed by atoms with Crippen molar-refractivity contribution in [3.8, 4) is 0 Å². The topological polar surface area (TPSA) is 62.6 Å². The summed E-state index contributed by atoms with van der Waals surface area (Å²) in [6.07, 6.45) is -4.57. The molecule has 2 atom stereocenters. The summed E-state index contributed by atoms with van der Waals surface area (Å²) in [6.45, 7) is 4.29. The number of nitrogens with zero attached hydrogens (tertiary/aromatic N) is 1. The summed E-state index contributed by atoms with van der Waals surface area (Å²) >= 11 is 0. The molecule has 128 valence electrons. The third kappa shape index (κ3) is 3.86. The molecular weight excluding hydrogens is 313 g/mol. The Bertz CT molecular complexity index is 610. The molecule has 0 spiro atoms. The zero-order valence-corrected chi connectivity index (χ0v) is 13.2. The van der Waals surface area contributed by atoms with Gasteiger partial charge in [0.15, 0.2) is 0 Å². The van der Waals surface area contributed by atoms with Gasteiger partial charge >= 0.3 is 6.18 Å². The fourth-order valence-electron chi connectivity index (χ4n) is 2.94. The number of aryl methyl sites for hydroxylation is 2. The molecule has 0 bridgehead atoms. The first-order chi connectivity index (χ1) is 10.6. The number of carbonyl (C=O) groups is 2. The molecule has 1 saturated heterocycles. The second-order valence-corrected chi connectivity index (χ2v) is 5.82. The van der Waals surface area contributed by atoms with Gasteiger partial charge in [-0.1, -0.05) is 0 Å². The van der Waals surface area contributed by atoms with Crippen LogP contribution in [0.2, 0.25) is 0 Å².